The van der Waals surface area contributed by atoms with Crippen LogP contribution >= 0.6 is 11.8 Å². The van der Waals surface area contributed by atoms with Crippen molar-refractivity contribution in [3.05, 3.63) is 36.3 Å². The van der Waals surface area contributed by atoms with Gasteiger partial charge in [0, 0.05) is 5.25 Å². The Balaban J connectivity index is 2.21. The number of imidazole rings is 1. The van der Waals surface area contributed by atoms with Crippen molar-refractivity contribution < 1.29 is 4.39 Å². The third-order valence-corrected chi connectivity index (χ3v) is 2.96. The van der Waals surface area contributed by atoms with Crippen LogP contribution in [0, 0.1) is 5.82 Å². The largest absolute Gasteiger partial charge is 0.333 e. The molecule has 0 unspecified atom stereocenters. The van der Waals surface area contributed by atoms with Crippen molar-refractivity contribution in [3.8, 4) is 11.3 Å². The molecule has 84 valence electrons. The molecule has 0 fully saturated rings. The highest BCUT2D eigenvalue weighted by atomic mass is 32.2. The Bertz CT molecular complexity index is 462. The molecule has 0 radical (unpaired) electrons. The smallest absolute Gasteiger partial charge is 0.166 e. The summed E-state index contributed by atoms with van der Waals surface area (Å²) in [5.41, 5.74) is 1.87. The second-order valence-corrected chi connectivity index (χ2v) is 5.34. The van der Waals surface area contributed by atoms with Gasteiger partial charge in [-0.05, 0) is 29.8 Å². The molecule has 1 heterocycles. The van der Waals surface area contributed by atoms with Crippen molar-refractivity contribution in [2.45, 2.75) is 24.3 Å². The average Bonchev–Trinajstić information content (AvgIpc) is 2.66. The fourth-order valence-corrected chi connectivity index (χ4v) is 2.09. The molecular weight excluding hydrogens is 223 g/mol. The van der Waals surface area contributed by atoms with Gasteiger partial charge in [-0.3, -0.25) is 0 Å². The summed E-state index contributed by atoms with van der Waals surface area (Å²) in [5.74, 6) is -0.222. The first-order valence-corrected chi connectivity index (χ1v) is 6.01. The molecule has 0 saturated carbocycles. The Labute approximate surface area is 98.3 Å². The second kappa shape index (κ2) is 4.70. The second-order valence-electron chi connectivity index (χ2n) is 3.78. The Morgan fingerprint density at radius 2 is 1.94 bits per heavy atom. The van der Waals surface area contributed by atoms with Crippen LogP contribution in [0.25, 0.3) is 11.3 Å². The molecule has 0 aliphatic heterocycles. The Morgan fingerprint density at radius 1 is 1.25 bits per heavy atom. The fraction of sp³-hybridized carbons (Fsp3) is 0.250. The normalized spacial score (nSPS) is 11.0. The minimum absolute atomic E-state index is 0.222. The highest BCUT2D eigenvalue weighted by Gasteiger charge is 2.05. The molecule has 1 N–H and O–H groups in total. The maximum atomic E-state index is 12.7. The highest BCUT2D eigenvalue weighted by Crippen LogP contribution is 2.23. The van der Waals surface area contributed by atoms with Crippen molar-refractivity contribution in [1.29, 1.82) is 0 Å². The van der Waals surface area contributed by atoms with E-state index in [0.29, 0.717) is 5.25 Å². The standard InChI is InChI=1S/C12H13FN2S/c1-8(2)16-12-14-7-11(15-12)9-3-5-10(13)6-4-9/h3-8H,1-2H3,(H,14,15). The van der Waals surface area contributed by atoms with Gasteiger partial charge in [-0.1, -0.05) is 25.6 Å². The summed E-state index contributed by atoms with van der Waals surface area (Å²) in [6.45, 7) is 4.23. The molecule has 0 bridgehead atoms. The molecular formula is C12H13FN2S. The summed E-state index contributed by atoms with van der Waals surface area (Å²) in [7, 11) is 0. The van der Waals surface area contributed by atoms with Crippen molar-refractivity contribution in [1.82, 2.24) is 9.97 Å². The van der Waals surface area contributed by atoms with Gasteiger partial charge in [0.2, 0.25) is 0 Å². The number of rotatable bonds is 3. The van der Waals surface area contributed by atoms with Gasteiger partial charge in [-0.25, -0.2) is 9.37 Å². The van der Waals surface area contributed by atoms with E-state index in [1.807, 2.05) is 0 Å². The van der Waals surface area contributed by atoms with Crippen LogP contribution in [0.2, 0.25) is 0 Å². The summed E-state index contributed by atoms with van der Waals surface area (Å²) in [6.07, 6.45) is 1.78. The van der Waals surface area contributed by atoms with Crippen LogP contribution in [-0.2, 0) is 0 Å². The van der Waals surface area contributed by atoms with E-state index in [0.717, 1.165) is 16.4 Å². The summed E-state index contributed by atoms with van der Waals surface area (Å²) < 4.78 is 12.7. The van der Waals surface area contributed by atoms with Crippen molar-refractivity contribution >= 4 is 11.8 Å². The predicted molar refractivity (Wildman–Crippen MR) is 65.0 cm³/mol. The zero-order valence-corrected chi connectivity index (χ0v) is 10.0. The van der Waals surface area contributed by atoms with Crippen LogP contribution in [0.5, 0.6) is 0 Å². The number of nitrogens with one attached hydrogen (secondary N) is 1. The quantitative estimate of drug-likeness (QED) is 0.823. The lowest BCUT2D eigenvalue weighted by Gasteiger charge is -2.00. The highest BCUT2D eigenvalue weighted by molar-refractivity contribution is 7.99. The van der Waals surface area contributed by atoms with Crippen LogP contribution in [0.1, 0.15) is 13.8 Å². The van der Waals surface area contributed by atoms with Crippen LogP contribution in [0.15, 0.2) is 35.6 Å². The molecule has 0 aliphatic carbocycles. The zero-order valence-electron chi connectivity index (χ0n) is 9.20. The molecule has 4 heteroatoms. The number of halogens is 1. The van der Waals surface area contributed by atoms with Crippen LogP contribution < -0.4 is 0 Å². The first-order valence-electron chi connectivity index (χ1n) is 5.13. The number of nitrogens with zero attached hydrogens (tertiary/aromatic N) is 1. The molecule has 16 heavy (non-hydrogen) atoms. The number of hydrogen-bond donors (Lipinski definition) is 1. The number of thioether (sulfide) groups is 1. The van der Waals surface area contributed by atoms with Gasteiger partial charge in [0.05, 0.1) is 11.9 Å². The lowest BCUT2D eigenvalue weighted by molar-refractivity contribution is 0.628. The Kier molecular flexibility index (Phi) is 3.29. The van der Waals surface area contributed by atoms with Crippen LogP contribution in [0.3, 0.4) is 0 Å². The van der Waals surface area contributed by atoms with E-state index in [1.165, 1.54) is 12.1 Å². The van der Waals surface area contributed by atoms with E-state index < -0.39 is 0 Å². The van der Waals surface area contributed by atoms with Crippen LogP contribution in [0.4, 0.5) is 4.39 Å². The lowest BCUT2D eigenvalue weighted by Crippen LogP contribution is -1.87. The van der Waals surface area contributed by atoms with Gasteiger partial charge in [-0.15, -0.1) is 0 Å². The lowest BCUT2D eigenvalue weighted by atomic mass is 10.2. The van der Waals surface area contributed by atoms with E-state index in [2.05, 4.69) is 23.8 Å². The zero-order chi connectivity index (χ0) is 11.5. The molecule has 2 rings (SSSR count). The van der Waals surface area contributed by atoms with Crippen molar-refractivity contribution in [3.63, 3.8) is 0 Å². The topological polar surface area (TPSA) is 28.7 Å². The van der Waals surface area contributed by atoms with Gasteiger partial charge < -0.3 is 4.98 Å². The van der Waals surface area contributed by atoms with E-state index in [-0.39, 0.29) is 5.82 Å². The molecule has 2 aromatic rings. The minimum Gasteiger partial charge on any atom is -0.333 e. The molecule has 0 spiro atoms. The molecule has 0 amide bonds. The SMILES string of the molecule is CC(C)Sc1ncc(-c2ccc(F)cc2)[nH]1. The number of benzene rings is 1. The number of aromatic amines is 1. The first kappa shape index (κ1) is 11.2. The van der Waals surface area contributed by atoms with Gasteiger partial charge in [0.25, 0.3) is 0 Å². The fourth-order valence-electron chi connectivity index (χ4n) is 1.36. The van der Waals surface area contributed by atoms with E-state index in [4.69, 9.17) is 0 Å². The Hall–Kier alpha value is -1.29. The molecule has 2 nitrogen and oxygen atoms in total. The summed E-state index contributed by atoms with van der Waals surface area (Å²) >= 11 is 1.68. The summed E-state index contributed by atoms with van der Waals surface area (Å²) in [6, 6.07) is 6.39. The van der Waals surface area contributed by atoms with Crippen molar-refractivity contribution in [2.24, 2.45) is 0 Å². The molecule has 0 saturated heterocycles. The van der Waals surface area contributed by atoms with E-state index in [9.17, 15) is 4.39 Å². The monoisotopic (exact) mass is 236 g/mol. The van der Waals surface area contributed by atoms with Crippen molar-refractivity contribution in [2.75, 3.05) is 0 Å². The number of aromatic nitrogens is 2. The van der Waals surface area contributed by atoms with Gasteiger partial charge >= 0.3 is 0 Å². The van der Waals surface area contributed by atoms with E-state index >= 15 is 0 Å². The summed E-state index contributed by atoms with van der Waals surface area (Å²) in [4.78, 5) is 7.48. The molecule has 0 aliphatic rings. The Morgan fingerprint density at radius 3 is 2.56 bits per heavy atom. The number of hydrogen-bond acceptors (Lipinski definition) is 2. The maximum absolute atomic E-state index is 12.7. The van der Waals surface area contributed by atoms with Gasteiger partial charge in [0.1, 0.15) is 5.82 Å². The third kappa shape index (κ3) is 2.64. The first-order chi connectivity index (χ1) is 7.65. The molecule has 1 aromatic carbocycles. The average molecular weight is 236 g/mol. The summed E-state index contributed by atoms with van der Waals surface area (Å²) in [5, 5.41) is 1.39. The van der Waals surface area contributed by atoms with Gasteiger partial charge in [-0.2, -0.15) is 0 Å². The van der Waals surface area contributed by atoms with E-state index in [1.54, 1.807) is 30.1 Å². The minimum atomic E-state index is -0.222. The maximum Gasteiger partial charge on any atom is 0.166 e. The third-order valence-electron chi connectivity index (χ3n) is 2.06. The predicted octanol–water partition coefficient (Wildman–Crippen LogP) is 3.72. The molecule has 0 atom stereocenters. The molecule has 1 aromatic heterocycles. The van der Waals surface area contributed by atoms with Crippen LogP contribution in [-0.4, -0.2) is 15.2 Å². The van der Waals surface area contributed by atoms with Gasteiger partial charge in [0.15, 0.2) is 5.16 Å². The number of H-pyrrole nitrogens is 1.